The van der Waals surface area contributed by atoms with E-state index >= 15 is 0 Å². The van der Waals surface area contributed by atoms with Crippen molar-refractivity contribution in [2.45, 2.75) is 25.4 Å². The molecule has 4 rings (SSSR count). The van der Waals surface area contributed by atoms with Crippen molar-refractivity contribution in [2.75, 3.05) is 31.6 Å². The van der Waals surface area contributed by atoms with Gasteiger partial charge in [-0.1, -0.05) is 29.3 Å². The van der Waals surface area contributed by atoms with E-state index in [0.29, 0.717) is 58.9 Å². The van der Waals surface area contributed by atoms with Crippen LogP contribution >= 0.6 is 23.2 Å². The predicted molar refractivity (Wildman–Crippen MR) is 130 cm³/mol. The molecule has 1 saturated heterocycles. The van der Waals surface area contributed by atoms with Crippen LogP contribution in [0.25, 0.3) is 16.9 Å². The van der Waals surface area contributed by atoms with Gasteiger partial charge in [0.1, 0.15) is 0 Å². The van der Waals surface area contributed by atoms with Crippen molar-refractivity contribution in [2.24, 2.45) is 0 Å². The third kappa shape index (κ3) is 5.64. The van der Waals surface area contributed by atoms with Crippen LogP contribution in [0, 0.1) is 0 Å². The van der Waals surface area contributed by atoms with Crippen molar-refractivity contribution < 1.29 is 12.5 Å². The lowest BCUT2D eigenvalue weighted by Crippen LogP contribution is -2.42. The van der Waals surface area contributed by atoms with Crippen LogP contribution in [-0.4, -0.2) is 64.8 Å². The molecule has 0 amide bonds. The van der Waals surface area contributed by atoms with E-state index in [4.69, 9.17) is 27.3 Å². The number of aromatic nitrogens is 4. The number of hydrogen-bond donors (Lipinski definition) is 2. The molecule has 0 saturated carbocycles. The van der Waals surface area contributed by atoms with Crippen molar-refractivity contribution in [3.05, 3.63) is 52.4 Å². The van der Waals surface area contributed by atoms with E-state index in [-0.39, 0.29) is 12.6 Å². The highest BCUT2D eigenvalue weighted by atomic mass is 35.5. The molecule has 1 aliphatic heterocycles. The fraction of sp³-hybridized carbons (Fsp3) is 0.381. The van der Waals surface area contributed by atoms with E-state index in [1.807, 2.05) is 0 Å². The van der Waals surface area contributed by atoms with Gasteiger partial charge < -0.3 is 10.6 Å². The number of anilines is 1. The van der Waals surface area contributed by atoms with E-state index in [2.05, 4.69) is 25.7 Å². The van der Waals surface area contributed by atoms with Gasteiger partial charge in [-0.15, -0.1) is 0 Å². The first kappa shape index (κ1) is 20.2. The molecule has 0 aliphatic carbocycles. The van der Waals surface area contributed by atoms with Crippen LogP contribution in [-0.2, 0) is 16.6 Å². The fourth-order valence-corrected chi connectivity index (χ4v) is 5.04. The Balaban J connectivity index is 1.48. The Morgan fingerprint density at radius 1 is 1.21 bits per heavy atom. The molecule has 9 nitrogen and oxygen atoms in total. The van der Waals surface area contributed by atoms with Gasteiger partial charge in [-0.25, -0.2) is 27.4 Å². The van der Waals surface area contributed by atoms with E-state index in [1.54, 1.807) is 35.3 Å². The van der Waals surface area contributed by atoms with Crippen LogP contribution in [0.2, 0.25) is 10.0 Å². The Morgan fingerprint density at radius 2 is 2.00 bits per heavy atom. The molecule has 176 valence electrons. The molecule has 0 atom stereocenters. The molecule has 2 aromatic heterocycles. The summed E-state index contributed by atoms with van der Waals surface area (Å²) in [6, 6.07) is 5.26. The van der Waals surface area contributed by atoms with Gasteiger partial charge in [0, 0.05) is 41.5 Å². The monoisotopic (exact) mass is 512 g/mol. The van der Waals surface area contributed by atoms with E-state index in [1.165, 1.54) is 16.8 Å². The first-order valence-electron chi connectivity index (χ1n) is 11.7. The van der Waals surface area contributed by atoms with Crippen LogP contribution in [0.1, 0.15) is 22.5 Å². The standard InChI is InChI=1S/C21H25Cl2N7O2S/c1-24-10-14-3-4-19(17(22)9-14)30-13-15(11-26-30)20-18(23)12-25-21(28-20)27-16-5-7-29(8-6-16)33(2,31)32/h3-4,9,11-13,16,24H,5-8,10H2,1-2H3,(H,25,27,28)/i1D3. The van der Waals surface area contributed by atoms with Crippen molar-refractivity contribution in [1.82, 2.24) is 29.4 Å². The number of rotatable bonds is 7. The number of nitrogens with one attached hydrogen (secondary N) is 2. The van der Waals surface area contributed by atoms with Crippen LogP contribution in [0.3, 0.4) is 0 Å². The van der Waals surface area contributed by atoms with Gasteiger partial charge in [-0.05, 0) is 37.5 Å². The highest BCUT2D eigenvalue weighted by molar-refractivity contribution is 7.88. The molecule has 1 aliphatic rings. The summed E-state index contributed by atoms with van der Waals surface area (Å²) >= 11 is 12.8. The van der Waals surface area contributed by atoms with Crippen LogP contribution in [0.5, 0.6) is 0 Å². The number of sulfonamides is 1. The summed E-state index contributed by atoms with van der Waals surface area (Å²) in [6.45, 7) is -1.20. The number of benzene rings is 1. The SMILES string of the molecule is [2H]C([2H])([2H])NCc1ccc(-n2cc(-c3nc(NC4CCN(S(C)(=O)=O)CC4)ncc3Cl)cn2)c(Cl)c1. The molecule has 1 aromatic carbocycles. The molecule has 3 heterocycles. The largest absolute Gasteiger partial charge is 0.351 e. The number of piperidine rings is 1. The lowest BCUT2D eigenvalue weighted by Gasteiger charge is -2.30. The first-order chi connectivity index (χ1) is 16.9. The predicted octanol–water partition coefficient (Wildman–Crippen LogP) is 3.19. The summed E-state index contributed by atoms with van der Waals surface area (Å²) in [6.07, 6.45) is 7.36. The first-order valence-corrected chi connectivity index (χ1v) is 12.8. The molecule has 3 aromatic rings. The van der Waals surface area contributed by atoms with Gasteiger partial charge in [-0.3, -0.25) is 0 Å². The molecule has 0 spiro atoms. The second kappa shape index (κ2) is 9.94. The van der Waals surface area contributed by atoms with Gasteiger partial charge in [0.25, 0.3) is 0 Å². The van der Waals surface area contributed by atoms with Gasteiger partial charge in [0.15, 0.2) is 0 Å². The maximum absolute atomic E-state index is 11.7. The summed E-state index contributed by atoms with van der Waals surface area (Å²) in [7, 11) is -3.19. The normalized spacial score (nSPS) is 17.4. The summed E-state index contributed by atoms with van der Waals surface area (Å²) < 4.78 is 48.3. The molecular formula is C21H25Cl2N7O2S. The Kier molecular flexibility index (Phi) is 6.07. The molecule has 0 unspecified atom stereocenters. The van der Waals surface area contributed by atoms with Crippen molar-refractivity contribution in [3.8, 4) is 16.9 Å². The minimum absolute atomic E-state index is 0.0388. The van der Waals surface area contributed by atoms with Crippen molar-refractivity contribution >= 4 is 39.2 Å². The number of hydrogen-bond acceptors (Lipinski definition) is 7. The summed E-state index contributed by atoms with van der Waals surface area (Å²) in [5.74, 6) is 0.393. The lowest BCUT2D eigenvalue weighted by molar-refractivity contribution is 0.331. The zero-order valence-corrected chi connectivity index (χ0v) is 20.1. The zero-order chi connectivity index (χ0) is 26.1. The van der Waals surface area contributed by atoms with Crippen LogP contribution in [0.4, 0.5) is 5.95 Å². The Labute approximate surface area is 207 Å². The molecule has 0 bridgehead atoms. The van der Waals surface area contributed by atoms with Crippen LogP contribution < -0.4 is 10.6 Å². The second-order valence-corrected chi connectivity index (χ2v) is 10.6. The molecule has 2 N–H and O–H groups in total. The minimum Gasteiger partial charge on any atom is -0.351 e. The molecule has 1 fully saturated rings. The van der Waals surface area contributed by atoms with Crippen molar-refractivity contribution in [3.63, 3.8) is 0 Å². The second-order valence-electron chi connectivity index (χ2n) is 7.78. The van der Waals surface area contributed by atoms with Gasteiger partial charge in [0.05, 0.1) is 40.1 Å². The highest BCUT2D eigenvalue weighted by Crippen LogP contribution is 2.29. The smallest absolute Gasteiger partial charge is 0.223 e. The lowest BCUT2D eigenvalue weighted by atomic mass is 10.1. The number of nitrogens with zero attached hydrogens (tertiary/aromatic N) is 5. The Bertz CT molecular complexity index is 1340. The average molecular weight is 513 g/mol. The van der Waals surface area contributed by atoms with Gasteiger partial charge >= 0.3 is 0 Å². The van der Waals surface area contributed by atoms with E-state index < -0.39 is 17.0 Å². The van der Waals surface area contributed by atoms with Gasteiger partial charge in [-0.2, -0.15) is 5.10 Å². The summed E-state index contributed by atoms with van der Waals surface area (Å²) in [5, 5.41) is 10.9. The van der Waals surface area contributed by atoms with Gasteiger partial charge in [0.2, 0.25) is 16.0 Å². The fourth-order valence-electron chi connectivity index (χ4n) is 3.68. The Hall–Kier alpha value is -2.24. The molecule has 12 heteroatoms. The van der Waals surface area contributed by atoms with Crippen LogP contribution in [0.15, 0.2) is 36.8 Å². The third-order valence-electron chi connectivity index (χ3n) is 5.41. The molecule has 0 radical (unpaired) electrons. The zero-order valence-electron chi connectivity index (χ0n) is 20.8. The maximum Gasteiger partial charge on any atom is 0.223 e. The maximum atomic E-state index is 11.7. The van der Waals surface area contributed by atoms with E-state index in [0.717, 1.165) is 5.56 Å². The highest BCUT2D eigenvalue weighted by Gasteiger charge is 2.25. The molecule has 33 heavy (non-hydrogen) atoms. The number of halogens is 2. The minimum atomic E-state index is -3.19. The molecular weight excluding hydrogens is 485 g/mol. The third-order valence-corrected chi connectivity index (χ3v) is 7.29. The summed E-state index contributed by atoms with van der Waals surface area (Å²) in [4.78, 5) is 8.83. The summed E-state index contributed by atoms with van der Waals surface area (Å²) in [5.41, 5.74) is 2.48. The topological polar surface area (TPSA) is 105 Å². The van der Waals surface area contributed by atoms with E-state index in [9.17, 15) is 8.42 Å². The Morgan fingerprint density at radius 3 is 2.70 bits per heavy atom. The quantitative estimate of drug-likeness (QED) is 0.500. The average Bonchev–Trinajstić information content (AvgIpc) is 3.28. The van der Waals surface area contributed by atoms with Crippen molar-refractivity contribution in [1.29, 1.82) is 0 Å².